The zero-order chi connectivity index (χ0) is 16.9. The van der Waals surface area contributed by atoms with Gasteiger partial charge in [0.15, 0.2) is 17.3 Å². The van der Waals surface area contributed by atoms with Crippen molar-refractivity contribution in [1.82, 2.24) is 19.9 Å². The van der Waals surface area contributed by atoms with E-state index in [9.17, 15) is 0 Å². The van der Waals surface area contributed by atoms with Crippen molar-refractivity contribution in [2.24, 2.45) is 5.10 Å². The Morgan fingerprint density at radius 3 is 2.75 bits per heavy atom. The molecule has 0 radical (unpaired) electrons. The Labute approximate surface area is 143 Å². The van der Waals surface area contributed by atoms with Crippen LogP contribution in [0.25, 0.3) is 11.4 Å². The lowest BCUT2D eigenvalue weighted by Gasteiger charge is -2.07. The standard InChI is InChI=1S/C16H15N5O2S/c1-22-13-6-5-11(8-14(13)23-2)9-18-21-15(19-20-16(21)24)12-4-3-7-17-10-12/h3-10H,1-2H3,(H,20,24). The van der Waals surface area contributed by atoms with Crippen molar-refractivity contribution in [3.05, 3.63) is 53.1 Å². The number of pyridine rings is 1. The normalized spacial score (nSPS) is 10.9. The molecule has 0 fully saturated rings. The van der Waals surface area contributed by atoms with E-state index in [1.54, 1.807) is 37.5 Å². The number of hydrogen-bond donors (Lipinski definition) is 1. The van der Waals surface area contributed by atoms with E-state index in [4.69, 9.17) is 21.7 Å². The fraction of sp³-hybridized carbons (Fsp3) is 0.125. The van der Waals surface area contributed by atoms with Gasteiger partial charge in [-0.2, -0.15) is 14.9 Å². The van der Waals surface area contributed by atoms with E-state index in [2.05, 4.69) is 20.3 Å². The SMILES string of the molecule is COc1ccc(C=Nn2c(-c3cccnc3)n[nH]c2=S)cc1OC. The predicted octanol–water partition coefficient (Wildman–Crippen LogP) is 2.90. The maximum Gasteiger partial charge on any atom is 0.216 e. The molecule has 24 heavy (non-hydrogen) atoms. The second-order valence-electron chi connectivity index (χ2n) is 4.76. The molecule has 1 aromatic carbocycles. The van der Waals surface area contributed by atoms with E-state index in [1.165, 1.54) is 0 Å². The van der Waals surface area contributed by atoms with Crippen LogP contribution >= 0.6 is 12.2 Å². The van der Waals surface area contributed by atoms with Gasteiger partial charge < -0.3 is 9.47 Å². The van der Waals surface area contributed by atoms with Gasteiger partial charge in [-0.25, -0.2) is 5.10 Å². The number of hydrogen-bond acceptors (Lipinski definition) is 6. The van der Waals surface area contributed by atoms with Gasteiger partial charge in [-0.15, -0.1) is 0 Å². The third-order valence-corrected chi connectivity index (χ3v) is 3.56. The van der Waals surface area contributed by atoms with Crippen LogP contribution in [0.15, 0.2) is 47.8 Å². The van der Waals surface area contributed by atoms with Crippen molar-refractivity contribution in [2.75, 3.05) is 14.2 Å². The molecule has 0 aliphatic heterocycles. The average Bonchev–Trinajstić information content (AvgIpc) is 3.01. The number of rotatable bonds is 5. The minimum absolute atomic E-state index is 0.394. The van der Waals surface area contributed by atoms with Crippen molar-refractivity contribution >= 4 is 18.4 Å². The first-order valence-electron chi connectivity index (χ1n) is 7.07. The van der Waals surface area contributed by atoms with Gasteiger partial charge in [0.2, 0.25) is 4.77 Å². The summed E-state index contributed by atoms with van der Waals surface area (Å²) in [5.41, 5.74) is 1.65. The smallest absolute Gasteiger partial charge is 0.216 e. The largest absolute Gasteiger partial charge is 0.493 e. The number of nitrogens with zero attached hydrogens (tertiary/aromatic N) is 4. The molecule has 2 heterocycles. The molecular formula is C16H15N5O2S. The van der Waals surface area contributed by atoms with Crippen LogP contribution < -0.4 is 9.47 Å². The third-order valence-electron chi connectivity index (χ3n) is 3.30. The van der Waals surface area contributed by atoms with Gasteiger partial charge >= 0.3 is 0 Å². The zero-order valence-corrected chi connectivity index (χ0v) is 13.9. The van der Waals surface area contributed by atoms with E-state index < -0.39 is 0 Å². The number of benzene rings is 1. The van der Waals surface area contributed by atoms with Crippen LogP contribution in [0.4, 0.5) is 0 Å². The Hall–Kier alpha value is -3.00. The second kappa shape index (κ2) is 7.05. The van der Waals surface area contributed by atoms with E-state index in [0.29, 0.717) is 22.1 Å². The van der Waals surface area contributed by atoms with Gasteiger partial charge in [-0.05, 0) is 48.1 Å². The summed E-state index contributed by atoms with van der Waals surface area (Å²) >= 11 is 5.24. The maximum atomic E-state index is 5.29. The van der Waals surface area contributed by atoms with Crippen molar-refractivity contribution in [3.63, 3.8) is 0 Å². The van der Waals surface area contributed by atoms with E-state index >= 15 is 0 Å². The molecule has 0 unspecified atom stereocenters. The lowest BCUT2D eigenvalue weighted by Crippen LogP contribution is -1.96. The molecule has 0 aliphatic carbocycles. The van der Waals surface area contributed by atoms with Crippen molar-refractivity contribution in [2.45, 2.75) is 0 Å². The first kappa shape index (κ1) is 15.9. The number of nitrogens with one attached hydrogen (secondary N) is 1. The molecule has 2 aromatic heterocycles. The van der Waals surface area contributed by atoms with Crippen molar-refractivity contribution in [3.8, 4) is 22.9 Å². The molecule has 0 saturated carbocycles. The number of H-pyrrole nitrogens is 1. The van der Waals surface area contributed by atoms with E-state index in [0.717, 1.165) is 11.1 Å². The molecule has 1 N–H and O–H groups in total. The summed E-state index contributed by atoms with van der Waals surface area (Å²) in [7, 11) is 3.18. The van der Waals surface area contributed by atoms with Crippen LogP contribution in [0.1, 0.15) is 5.56 Å². The Morgan fingerprint density at radius 2 is 2.04 bits per heavy atom. The first-order valence-corrected chi connectivity index (χ1v) is 7.48. The molecule has 0 bridgehead atoms. The molecule has 122 valence electrons. The van der Waals surface area contributed by atoms with Gasteiger partial charge in [0.05, 0.1) is 20.4 Å². The topological polar surface area (TPSA) is 77.3 Å². The molecule has 0 amide bonds. The summed E-state index contributed by atoms with van der Waals surface area (Å²) < 4.78 is 12.5. The third kappa shape index (κ3) is 3.18. The zero-order valence-electron chi connectivity index (χ0n) is 13.1. The van der Waals surface area contributed by atoms with Crippen molar-refractivity contribution < 1.29 is 9.47 Å². The van der Waals surface area contributed by atoms with Crippen LogP contribution in [0, 0.1) is 4.77 Å². The number of methoxy groups -OCH3 is 2. The van der Waals surface area contributed by atoms with Gasteiger partial charge in [0.25, 0.3) is 0 Å². The van der Waals surface area contributed by atoms with Gasteiger partial charge in [0.1, 0.15) is 0 Å². The molecule has 0 spiro atoms. The highest BCUT2D eigenvalue weighted by Crippen LogP contribution is 2.27. The van der Waals surface area contributed by atoms with E-state index in [-0.39, 0.29) is 0 Å². The lowest BCUT2D eigenvalue weighted by molar-refractivity contribution is 0.355. The summed E-state index contributed by atoms with van der Waals surface area (Å²) in [5, 5.41) is 11.4. The minimum atomic E-state index is 0.394. The van der Waals surface area contributed by atoms with Gasteiger partial charge in [-0.3, -0.25) is 4.98 Å². The molecule has 0 aliphatic rings. The summed E-state index contributed by atoms with van der Waals surface area (Å²) in [6.45, 7) is 0. The molecule has 3 aromatic rings. The van der Waals surface area contributed by atoms with Crippen LogP contribution in [-0.4, -0.2) is 40.3 Å². The van der Waals surface area contributed by atoms with Crippen LogP contribution in [-0.2, 0) is 0 Å². The Morgan fingerprint density at radius 1 is 1.21 bits per heavy atom. The summed E-state index contributed by atoms with van der Waals surface area (Å²) in [6, 6.07) is 9.24. The van der Waals surface area contributed by atoms with Crippen LogP contribution in [0.2, 0.25) is 0 Å². The second-order valence-corrected chi connectivity index (χ2v) is 5.15. The monoisotopic (exact) mass is 341 g/mol. The maximum absolute atomic E-state index is 5.29. The summed E-state index contributed by atoms with van der Waals surface area (Å²) in [5.74, 6) is 1.88. The Bertz CT molecular complexity index is 918. The summed E-state index contributed by atoms with van der Waals surface area (Å²) in [4.78, 5) is 4.09. The number of ether oxygens (including phenoxy) is 2. The fourth-order valence-corrected chi connectivity index (χ4v) is 2.32. The molecule has 3 rings (SSSR count). The molecule has 7 nitrogen and oxygen atoms in total. The molecular weight excluding hydrogens is 326 g/mol. The van der Waals surface area contributed by atoms with Gasteiger partial charge in [-0.1, -0.05) is 0 Å². The minimum Gasteiger partial charge on any atom is -0.493 e. The highest BCUT2D eigenvalue weighted by Gasteiger charge is 2.08. The van der Waals surface area contributed by atoms with Crippen molar-refractivity contribution in [1.29, 1.82) is 0 Å². The lowest BCUT2D eigenvalue weighted by atomic mass is 10.2. The first-order chi connectivity index (χ1) is 11.7. The Balaban J connectivity index is 1.96. The fourth-order valence-electron chi connectivity index (χ4n) is 2.14. The highest BCUT2D eigenvalue weighted by molar-refractivity contribution is 7.71. The highest BCUT2D eigenvalue weighted by atomic mass is 32.1. The van der Waals surface area contributed by atoms with Crippen LogP contribution in [0.5, 0.6) is 11.5 Å². The molecule has 0 saturated heterocycles. The van der Waals surface area contributed by atoms with E-state index in [1.807, 2.05) is 30.3 Å². The molecule has 0 atom stereocenters. The quantitative estimate of drug-likeness (QED) is 0.570. The van der Waals surface area contributed by atoms with Crippen LogP contribution in [0.3, 0.4) is 0 Å². The summed E-state index contributed by atoms with van der Waals surface area (Å²) in [6.07, 6.45) is 5.07. The number of aromatic amines is 1. The predicted molar refractivity (Wildman–Crippen MR) is 93.2 cm³/mol. The molecule has 8 heteroatoms. The average molecular weight is 341 g/mol. The number of aromatic nitrogens is 4. The van der Waals surface area contributed by atoms with Gasteiger partial charge in [0, 0.05) is 18.0 Å². The Kier molecular flexibility index (Phi) is 4.66.